The van der Waals surface area contributed by atoms with Gasteiger partial charge in [-0.15, -0.1) is 0 Å². The topological polar surface area (TPSA) is 90.0 Å². The third kappa shape index (κ3) is 3.45. The molecule has 2 aromatic rings. The molecule has 28 heavy (non-hydrogen) atoms. The Labute approximate surface area is 163 Å². The van der Waals surface area contributed by atoms with E-state index in [1.807, 2.05) is 0 Å². The fraction of sp³-hybridized carbons (Fsp3) is 0.350. The van der Waals surface area contributed by atoms with Gasteiger partial charge in [0.15, 0.2) is 11.5 Å². The molecule has 2 atom stereocenters. The molecule has 8 heteroatoms. The van der Waals surface area contributed by atoms with Crippen molar-refractivity contribution in [3.05, 3.63) is 42.1 Å². The molecule has 1 saturated heterocycles. The summed E-state index contributed by atoms with van der Waals surface area (Å²) < 4.78 is 16.3. The number of hydrogen-bond acceptors (Lipinski definition) is 6. The number of methoxy groups -OCH3 is 3. The molecule has 1 fully saturated rings. The number of rotatable bonds is 6. The smallest absolute Gasteiger partial charge is 0.231 e. The van der Waals surface area contributed by atoms with Gasteiger partial charge in [-0.1, -0.05) is 6.07 Å². The van der Waals surface area contributed by atoms with Gasteiger partial charge in [0, 0.05) is 25.2 Å². The number of nitrogens with zero attached hydrogens (tertiary/aromatic N) is 2. The second-order valence-electron chi connectivity index (χ2n) is 6.39. The highest BCUT2D eigenvalue weighted by atomic mass is 16.5. The largest absolute Gasteiger partial charge is 0.493 e. The van der Waals surface area contributed by atoms with Crippen molar-refractivity contribution in [1.29, 1.82) is 0 Å². The molecule has 0 spiro atoms. The highest BCUT2D eigenvalue weighted by molar-refractivity contribution is 5.97. The number of anilines is 1. The van der Waals surface area contributed by atoms with Crippen LogP contribution in [0.1, 0.15) is 18.0 Å². The maximum absolute atomic E-state index is 12.9. The number of likely N-dealkylation sites (tertiary alicyclic amines) is 1. The van der Waals surface area contributed by atoms with Crippen LogP contribution in [0.15, 0.2) is 36.5 Å². The van der Waals surface area contributed by atoms with Gasteiger partial charge in [0.1, 0.15) is 5.82 Å². The number of carbonyl (C=O) groups excluding carboxylic acids is 2. The quantitative estimate of drug-likeness (QED) is 0.820. The summed E-state index contributed by atoms with van der Waals surface area (Å²) in [5, 5.41) is 2.79. The highest BCUT2D eigenvalue weighted by Gasteiger charge is 2.44. The predicted molar refractivity (Wildman–Crippen MR) is 103 cm³/mol. The summed E-state index contributed by atoms with van der Waals surface area (Å²) >= 11 is 0. The minimum atomic E-state index is -0.605. The number of hydrogen-bond donors (Lipinski definition) is 1. The summed E-state index contributed by atoms with van der Waals surface area (Å²) in [6.45, 7) is 0. The van der Waals surface area contributed by atoms with Crippen molar-refractivity contribution in [2.75, 3.05) is 33.7 Å². The van der Waals surface area contributed by atoms with E-state index in [2.05, 4.69) is 10.3 Å². The molecule has 1 aliphatic rings. The van der Waals surface area contributed by atoms with E-state index < -0.39 is 12.0 Å². The maximum Gasteiger partial charge on any atom is 0.231 e. The van der Waals surface area contributed by atoms with Crippen LogP contribution in [0.3, 0.4) is 0 Å². The van der Waals surface area contributed by atoms with Crippen LogP contribution in [-0.2, 0) is 9.59 Å². The Hall–Kier alpha value is -3.29. The molecule has 1 aromatic heterocycles. The van der Waals surface area contributed by atoms with Crippen molar-refractivity contribution in [1.82, 2.24) is 9.88 Å². The summed E-state index contributed by atoms with van der Waals surface area (Å²) in [4.78, 5) is 31.1. The summed E-state index contributed by atoms with van der Waals surface area (Å²) in [6.07, 6.45) is 1.69. The molecule has 8 nitrogen and oxygen atoms in total. The Bertz CT molecular complexity index is 872. The number of pyridine rings is 1. The Kier molecular flexibility index (Phi) is 5.67. The third-order valence-electron chi connectivity index (χ3n) is 4.89. The Balaban J connectivity index is 2.00. The van der Waals surface area contributed by atoms with Crippen molar-refractivity contribution in [3.63, 3.8) is 0 Å². The fourth-order valence-electron chi connectivity index (χ4n) is 3.54. The molecule has 1 aliphatic heterocycles. The lowest BCUT2D eigenvalue weighted by Crippen LogP contribution is -2.30. The molecule has 0 saturated carbocycles. The van der Waals surface area contributed by atoms with E-state index in [0.29, 0.717) is 28.6 Å². The summed E-state index contributed by atoms with van der Waals surface area (Å²) in [5.41, 5.74) is 0.676. The molecule has 0 radical (unpaired) electrons. The first-order chi connectivity index (χ1) is 13.5. The highest BCUT2D eigenvalue weighted by Crippen LogP contribution is 2.47. The molecule has 0 unspecified atom stereocenters. The number of benzene rings is 1. The summed E-state index contributed by atoms with van der Waals surface area (Å²) in [6, 6.07) is 8.27. The number of carbonyl (C=O) groups is 2. The molecule has 148 valence electrons. The zero-order chi connectivity index (χ0) is 20.3. The van der Waals surface area contributed by atoms with Crippen LogP contribution in [0.5, 0.6) is 17.2 Å². The number of ether oxygens (including phenoxy) is 3. The van der Waals surface area contributed by atoms with Crippen LogP contribution in [0.4, 0.5) is 5.82 Å². The SMILES string of the molecule is COc1ccc([C@H]2[C@H](C(=O)Nc3ccccn3)CC(=O)N2C)c(OC)c1OC. The van der Waals surface area contributed by atoms with Crippen LogP contribution in [0.2, 0.25) is 0 Å². The molecule has 1 N–H and O–H groups in total. The van der Waals surface area contributed by atoms with E-state index in [0.717, 1.165) is 0 Å². The number of nitrogens with one attached hydrogen (secondary N) is 1. The fourth-order valence-corrected chi connectivity index (χ4v) is 3.54. The van der Waals surface area contributed by atoms with Gasteiger partial charge >= 0.3 is 0 Å². The van der Waals surface area contributed by atoms with Gasteiger partial charge in [-0.05, 0) is 24.3 Å². The number of aromatic nitrogens is 1. The van der Waals surface area contributed by atoms with Crippen molar-refractivity contribution < 1.29 is 23.8 Å². The van der Waals surface area contributed by atoms with Crippen LogP contribution in [-0.4, -0.2) is 50.1 Å². The summed E-state index contributed by atoms with van der Waals surface area (Å²) in [7, 11) is 6.24. The molecular weight excluding hydrogens is 362 g/mol. The Morgan fingerprint density at radius 1 is 1.11 bits per heavy atom. The lowest BCUT2D eigenvalue weighted by atomic mass is 9.91. The van der Waals surface area contributed by atoms with Crippen LogP contribution < -0.4 is 19.5 Å². The van der Waals surface area contributed by atoms with Gasteiger partial charge in [0.2, 0.25) is 17.6 Å². The van der Waals surface area contributed by atoms with Gasteiger partial charge in [-0.2, -0.15) is 0 Å². The molecule has 1 aromatic carbocycles. The van der Waals surface area contributed by atoms with Crippen LogP contribution in [0.25, 0.3) is 0 Å². The van der Waals surface area contributed by atoms with E-state index in [9.17, 15) is 9.59 Å². The molecular formula is C20H23N3O5. The van der Waals surface area contributed by atoms with Crippen molar-refractivity contribution >= 4 is 17.6 Å². The molecule has 3 rings (SSSR count). The Morgan fingerprint density at radius 3 is 2.46 bits per heavy atom. The second-order valence-corrected chi connectivity index (χ2v) is 6.39. The van der Waals surface area contributed by atoms with Crippen LogP contribution >= 0.6 is 0 Å². The number of amides is 2. The molecule has 2 heterocycles. The van der Waals surface area contributed by atoms with E-state index >= 15 is 0 Å². The van der Waals surface area contributed by atoms with Crippen molar-refractivity contribution in [2.45, 2.75) is 12.5 Å². The molecule has 0 bridgehead atoms. The zero-order valence-electron chi connectivity index (χ0n) is 16.3. The first-order valence-corrected chi connectivity index (χ1v) is 8.78. The average molecular weight is 385 g/mol. The van der Waals surface area contributed by atoms with E-state index in [-0.39, 0.29) is 18.2 Å². The molecule has 0 aliphatic carbocycles. The van der Waals surface area contributed by atoms with Crippen LogP contribution in [0, 0.1) is 5.92 Å². The van der Waals surface area contributed by atoms with Gasteiger partial charge in [0.25, 0.3) is 0 Å². The summed E-state index contributed by atoms with van der Waals surface area (Å²) in [5.74, 6) is 0.785. The van der Waals surface area contributed by atoms with Crippen molar-refractivity contribution in [3.8, 4) is 17.2 Å². The lowest BCUT2D eigenvalue weighted by molar-refractivity contribution is -0.128. The third-order valence-corrected chi connectivity index (χ3v) is 4.89. The normalized spacial score (nSPS) is 18.7. The monoisotopic (exact) mass is 385 g/mol. The van der Waals surface area contributed by atoms with Crippen molar-refractivity contribution in [2.24, 2.45) is 5.92 Å². The first-order valence-electron chi connectivity index (χ1n) is 8.78. The minimum absolute atomic E-state index is 0.0946. The zero-order valence-corrected chi connectivity index (χ0v) is 16.3. The second kappa shape index (κ2) is 8.16. The van der Waals surface area contributed by atoms with Gasteiger partial charge < -0.3 is 24.4 Å². The minimum Gasteiger partial charge on any atom is -0.493 e. The lowest BCUT2D eigenvalue weighted by Gasteiger charge is -2.27. The Morgan fingerprint density at radius 2 is 1.86 bits per heavy atom. The van der Waals surface area contributed by atoms with E-state index in [4.69, 9.17) is 14.2 Å². The average Bonchev–Trinajstić information content (AvgIpc) is 3.02. The standard InChI is InChI=1S/C20H23N3O5/c1-23-16(24)11-13(20(25)22-15-7-5-6-10-21-15)17(23)12-8-9-14(26-2)19(28-4)18(12)27-3/h5-10,13,17H,11H2,1-4H3,(H,21,22,25)/t13-,17+/m1/s1. The van der Waals surface area contributed by atoms with Gasteiger partial charge in [0.05, 0.1) is 33.3 Å². The van der Waals surface area contributed by atoms with E-state index in [1.165, 1.54) is 21.3 Å². The van der Waals surface area contributed by atoms with Gasteiger partial charge in [-0.3, -0.25) is 9.59 Å². The van der Waals surface area contributed by atoms with Gasteiger partial charge in [-0.25, -0.2) is 4.98 Å². The maximum atomic E-state index is 12.9. The predicted octanol–water partition coefficient (Wildman–Crippen LogP) is 2.27. The first kappa shape index (κ1) is 19.5. The van der Waals surface area contributed by atoms with E-state index in [1.54, 1.807) is 48.5 Å². The molecule has 2 amide bonds.